The summed E-state index contributed by atoms with van der Waals surface area (Å²) < 4.78 is 5.45. The molecule has 1 aliphatic rings. The van der Waals surface area contributed by atoms with Crippen LogP contribution in [-0.4, -0.2) is 12.1 Å². The van der Waals surface area contributed by atoms with Crippen molar-refractivity contribution in [3.05, 3.63) is 12.7 Å². The van der Waals surface area contributed by atoms with Crippen LogP contribution in [0, 0.1) is 5.92 Å². The molecule has 0 amide bonds. The van der Waals surface area contributed by atoms with Crippen molar-refractivity contribution in [2.45, 2.75) is 70.8 Å². The molecule has 0 saturated heterocycles. The van der Waals surface area contributed by atoms with Gasteiger partial charge >= 0.3 is 5.97 Å². The molecule has 98 valence electrons. The molecule has 2 nitrogen and oxygen atoms in total. The van der Waals surface area contributed by atoms with E-state index < -0.39 is 0 Å². The molecule has 2 heteroatoms. The Labute approximate surface area is 105 Å². The number of hydrogen-bond acceptors (Lipinski definition) is 2. The van der Waals surface area contributed by atoms with E-state index in [4.69, 9.17) is 4.74 Å². The van der Waals surface area contributed by atoms with Gasteiger partial charge in [-0.25, -0.2) is 4.79 Å². The molecular formula is C15H26O2. The summed E-state index contributed by atoms with van der Waals surface area (Å²) in [5.41, 5.74) is 0. The minimum absolute atomic E-state index is 0.149. The lowest BCUT2D eigenvalue weighted by atomic mass is 9.83. The van der Waals surface area contributed by atoms with Crippen LogP contribution in [0.25, 0.3) is 0 Å². The molecule has 17 heavy (non-hydrogen) atoms. The van der Waals surface area contributed by atoms with Crippen molar-refractivity contribution in [3.8, 4) is 0 Å². The Balaban J connectivity index is 2.31. The van der Waals surface area contributed by atoms with Gasteiger partial charge in [0, 0.05) is 6.08 Å². The zero-order valence-electron chi connectivity index (χ0n) is 11.1. The van der Waals surface area contributed by atoms with E-state index in [1.165, 1.54) is 57.4 Å². The van der Waals surface area contributed by atoms with Gasteiger partial charge in [-0.3, -0.25) is 0 Å². The van der Waals surface area contributed by atoms with Crippen molar-refractivity contribution in [3.63, 3.8) is 0 Å². The van der Waals surface area contributed by atoms with Gasteiger partial charge in [-0.1, -0.05) is 45.6 Å². The molecular weight excluding hydrogens is 212 g/mol. The van der Waals surface area contributed by atoms with Gasteiger partial charge in [0.25, 0.3) is 0 Å². The van der Waals surface area contributed by atoms with E-state index in [1.54, 1.807) is 0 Å². The summed E-state index contributed by atoms with van der Waals surface area (Å²) in [6.45, 7) is 5.69. The van der Waals surface area contributed by atoms with Crippen LogP contribution in [0.3, 0.4) is 0 Å². The molecule has 0 spiro atoms. The Morgan fingerprint density at radius 2 is 2.06 bits per heavy atom. The molecule has 0 heterocycles. The molecule has 0 radical (unpaired) electrons. The van der Waals surface area contributed by atoms with Crippen LogP contribution < -0.4 is 0 Å². The lowest BCUT2D eigenvalue weighted by molar-refractivity contribution is -0.147. The first-order valence-electron chi connectivity index (χ1n) is 7.11. The first-order valence-corrected chi connectivity index (χ1v) is 7.11. The molecule has 1 aliphatic carbocycles. The normalized spacial score (nSPS) is 24.3. The second-order valence-electron chi connectivity index (χ2n) is 5.07. The predicted octanol–water partition coefficient (Wildman–Crippen LogP) is 4.24. The number of hydrogen-bond donors (Lipinski definition) is 0. The Hall–Kier alpha value is -0.790. The minimum Gasteiger partial charge on any atom is -0.459 e. The summed E-state index contributed by atoms with van der Waals surface area (Å²) >= 11 is 0. The summed E-state index contributed by atoms with van der Waals surface area (Å²) in [6, 6.07) is 0. The van der Waals surface area contributed by atoms with Crippen LogP contribution in [-0.2, 0) is 9.53 Å². The van der Waals surface area contributed by atoms with E-state index in [1.807, 2.05) is 0 Å². The third kappa shape index (κ3) is 5.38. The fraction of sp³-hybridized carbons (Fsp3) is 0.800. The monoisotopic (exact) mass is 238 g/mol. The van der Waals surface area contributed by atoms with E-state index in [-0.39, 0.29) is 12.1 Å². The highest BCUT2D eigenvalue weighted by Gasteiger charge is 2.27. The first-order chi connectivity index (χ1) is 8.27. The Morgan fingerprint density at radius 1 is 1.29 bits per heavy atom. The summed E-state index contributed by atoms with van der Waals surface area (Å²) in [5.74, 6) is 0.333. The molecule has 1 saturated carbocycles. The Morgan fingerprint density at radius 3 is 2.76 bits per heavy atom. The number of ether oxygens (including phenoxy) is 1. The van der Waals surface area contributed by atoms with Gasteiger partial charge in [-0.2, -0.15) is 0 Å². The van der Waals surface area contributed by atoms with Gasteiger partial charge in [-0.05, 0) is 31.6 Å². The third-order valence-electron chi connectivity index (χ3n) is 3.70. The average Bonchev–Trinajstić information content (AvgIpc) is 2.36. The van der Waals surface area contributed by atoms with Gasteiger partial charge < -0.3 is 4.74 Å². The SMILES string of the molecule is C=CC(=O)OC1CCCCC1CCCCCC. The smallest absolute Gasteiger partial charge is 0.330 e. The maximum Gasteiger partial charge on any atom is 0.330 e. The summed E-state index contributed by atoms with van der Waals surface area (Å²) in [4.78, 5) is 11.3. The highest BCUT2D eigenvalue weighted by atomic mass is 16.5. The fourth-order valence-electron chi connectivity index (χ4n) is 2.69. The van der Waals surface area contributed by atoms with Gasteiger partial charge in [-0.15, -0.1) is 0 Å². The Kier molecular flexibility index (Phi) is 6.99. The van der Waals surface area contributed by atoms with Gasteiger partial charge in [0.15, 0.2) is 0 Å². The molecule has 1 fully saturated rings. The van der Waals surface area contributed by atoms with E-state index in [9.17, 15) is 4.79 Å². The van der Waals surface area contributed by atoms with Crippen LogP contribution in [0.5, 0.6) is 0 Å². The van der Waals surface area contributed by atoms with Gasteiger partial charge in [0.2, 0.25) is 0 Å². The standard InChI is InChI=1S/C15H26O2/c1-3-5-6-7-10-13-11-8-9-12-14(13)17-15(16)4-2/h4,13-14H,2-3,5-12H2,1H3. The van der Waals surface area contributed by atoms with Gasteiger partial charge in [0.05, 0.1) is 0 Å². The molecule has 2 atom stereocenters. The minimum atomic E-state index is -0.254. The van der Waals surface area contributed by atoms with Crippen molar-refractivity contribution in [1.82, 2.24) is 0 Å². The number of carbonyl (C=O) groups is 1. The van der Waals surface area contributed by atoms with Crippen LogP contribution >= 0.6 is 0 Å². The quantitative estimate of drug-likeness (QED) is 0.376. The van der Waals surface area contributed by atoms with Crippen molar-refractivity contribution in [1.29, 1.82) is 0 Å². The maximum atomic E-state index is 11.3. The van der Waals surface area contributed by atoms with Crippen molar-refractivity contribution >= 4 is 5.97 Å². The largest absolute Gasteiger partial charge is 0.459 e. The van der Waals surface area contributed by atoms with Crippen molar-refractivity contribution < 1.29 is 9.53 Å². The maximum absolute atomic E-state index is 11.3. The highest BCUT2D eigenvalue weighted by Crippen LogP contribution is 2.31. The predicted molar refractivity (Wildman–Crippen MR) is 70.8 cm³/mol. The zero-order chi connectivity index (χ0) is 12.5. The van der Waals surface area contributed by atoms with E-state index in [0.717, 1.165) is 6.42 Å². The Bertz CT molecular complexity index is 235. The lowest BCUT2D eigenvalue weighted by Crippen LogP contribution is -2.29. The first kappa shape index (κ1) is 14.3. The summed E-state index contributed by atoms with van der Waals surface area (Å²) in [7, 11) is 0. The molecule has 0 aromatic heterocycles. The second kappa shape index (κ2) is 8.32. The fourth-order valence-corrected chi connectivity index (χ4v) is 2.69. The van der Waals surface area contributed by atoms with Crippen molar-refractivity contribution in [2.24, 2.45) is 5.92 Å². The van der Waals surface area contributed by atoms with Crippen LogP contribution in [0.15, 0.2) is 12.7 Å². The summed E-state index contributed by atoms with van der Waals surface area (Å²) in [5, 5.41) is 0. The lowest BCUT2D eigenvalue weighted by Gasteiger charge is -2.30. The van der Waals surface area contributed by atoms with E-state index in [0.29, 0.717) is 5.92 Å². The molecule has 0 aromatic rings. The molecule has 2 unspecified atom stereocenters. The number of rotatable bonds is 7. The van der Waals surface area contributed by atoms with Crippen LogP contribution in [0.1, 0.15) is 64.7 Å². The van der Waals surface area contributed by atoms with E-state index >= 15 is 0 Å². The number of esters is 1. The number of carbonyl (C=O) groups excluding carboxylic acids is 1. The van der Waals surface area contributed by atoms with Crippen LogP contribution in [0.4, 0.5) is 0 Å². The zero-order valence-corrected chi connectivity index (χ0v) is 11.1. The third-order valence-corrected chi connectivity index (χ3v) is 3.70. The second-order valence-corrected chi connectivity index (χ2v) is 5.07. The van der Waals surface area contributed by atoms with Gasteiger partial charge in [0.1, 0.15) is 6.10 Å². The molecule has 0 N–H and O–H groups in total. The van der Waals surface area contributed by atoms with Crippen molar-refractivity contribution in [2.75, 3.05) is 0 Å². The summed E-state index contributed by atoms with van der Waals surface area (Å²) in [6.07, 6.45) is 12.6. The molecule has 1 rings (SSSR count). The number of unbranched alkanes of at least 4 members (excludes halogenated alkanes) is 3. The van der Waals surface area contributed by atoms with E-state index in [2.05, 4.69) is 13.5 Å². The van der Waals surface area contributed by atoms with Crippen LogP contribution in [0.2, 0.25) is 0 Å². The average molecular weight is 238 g/mol. The molecule has 0 aromatic carbocycles. The highest BCUT2D eigenvalue weighted by molar-refractivity contribution is 5.81. The topological polar surface area (TPSA) is 26.3 Å². The molecule has 0 bridgehead atoms. The molecule has 0 aliphatic heterocycles.